The van der Waals surface area contributed by atoms with Crippen LogP contribution < -0.4 is 9.47 Å². The number of aryl methyl sites for hydroxylation is 1. The number of carbonyl (C=O) groups excluding carboxylic acids is 1. The second-order valence-electron chi connectivity index (χ2n) is 6.56. The summed E-state index contributed by atoms with van der Waals surface area (Å²) < 4.78 is 16.4. The topological polar surface area (TPSA) is 77.7 Å². The lowest BCUT2D eigenvalue weighted by Gasteiger charge is -2.31. The number of amides is 1. The van der Waals surface area contributed by atoms with Crippen LogP contribution in [0.15, 0.2) is 28.8 Å². The minimum atomic E-state index is -0.0597. The maximum absolute atomic E-state index is 12.6. The van der Waals surface area contributed by atoms with Crippen LogP contribution in [0.2, 0.25) is 0 Å². The number of carbonyl (C=O) groups is 1. The first-order valence-electron chi connectivity index (χ1n) is 9.12. The Labute approximate surface area is 159 Å². The van der Waals surface area contributed by atoms with Crippen molar-refractivity contribution in [3.05, 3.63) is 41.6 Å². The average Bonchev–Trinajstić information content (AvgIpc) is 3.13. The van der Waals surface area contributed by atoms with E-state index in [4.69, 9.17) is 14.0 Å². The zero-order valence-corrected chi connectivity index (χ0v) is 16.0. The number of nitrogens with zero attached hydrogens (tertiary/aromatic N) is 3. The number of piperidine rings is 1. The van der Waals surface area contributed by atoms with Crippen molar-refractivity contribution in [2.75, 3.05) is 26.8 Å². The standard InChI is InChI=1S/C20H25N3O4/c1-4-6-15-8-9-17(18(11-15)25-3)26-13-19(24)23-10-5-7-16(12-23)20-21-14(2)22-27-20/h4,6,8-9,11,16H,5,7,10,12-13H2,1-3H3. The molecule has 1 unspecified atom stereocenters. The highest BCUT2D eigenvalue weighted by Gasteiger charge is 2.28. The first-order chi connectivity index (χ1) is 13.1. The Morgan fingerprint density at radius 3 is 2.96 bits per heavy atom. The van der Waals surface area contributed by atoms with E-state index in [0.717, 1.165) is 18.4 Å². The number of ether oxygens (including phenoxy) is 2. The van der Waals surface area contributed by atoms with Crippen molar-refractivity contribution >= 4 is 12.0 Å². The number of hydrogen-bond acceptors (Lipinski definition) is 6. The Kier molecular flexibility index (Phi) is 6.11. The average molecular weight is 371 g/mol. The summed E-state index contributed by atoms with van der Waals surface area (Å²) in [4.78, 5) is 18.7. The molecule has 0 aliphatic carbocycles. The van der Waals surface area contributed by atoms with E-state index < -0.39 is 0 Å². The van der Waals surface area contributed by atoms with Gasteiger partial charge in [0.05, 0.1) is 13.0 Å². The van der Waals surface area contributed by atoms with Gasteiger partial charge < -0.3 is 18.9 Å². The van der Waals surface area contributed by atoms with Gasteiger partial charge in [0.25, 0.3) is 5.91 Å². The fourth-order valence-electron chi connectivity index (χ4n) is 3.21. The molecule has 1 aliphatic rings. The molecule has 1 saturated heterocycles. The number of benzene rings is 1. The molecule has 7 heteroatoms. The molecule has 7 nitrogen and oxygen atoms in total. The lowest BCUT2D eigenvalue weighted by Crippen LogP contribution is -2.41. The molecule has 1 atom stereocenters. The molecular formula is C20H25N3O4. The quantitative estimate of drug-likeness (QED) is 0.776. The molecule has 0 bridgehead atoms. The minimum Gasteiger partial charge on any atom is -0.493 e. The molecule has 0 N–H and O–H groups in total. The number of hydrogen-bond donors (Lipinski definition) is 0. The summed E-state index contributed by atoms with van der Waals surface area (Å²) in [6.45, 7) is 5.00. The number of aromatic nitrogens is 2. The van der Waals surface area contributed by atoms with Crippen LogP contribution in [-0.4, -0.2) is 47.8 Å². The number of likely N-dealkylation sites (tertiary alicyclic amines) is 1. The number of rotatable bonds is 6. The minimum absolute atomic E-state index is 0.0328. The van der Waals surface area contributed by atoms with Crippen LogP contribution in [0, 0.1) is 6.92 Å². The van der Waals surface area contributed by atoms with Crippen molar-refractivity contribution in [1.29, 1.82) is 0 Å². The monoisotopic (exact) mass is 371 g/mol. The van der Waals surface area contributed by atoms with Crippen LogP contribution in [-0.2, 0) is 4.79 Å². The van der Waals surface area contributed by atoms with E-state index in [0.29, 0.717) is 36.3 Å². The molecule has 0 saturated carbocycles. The fourth-order valence-corrected chi connectivity index (χ4v) is 3.21. The predicted octanol–water partition coefficient (Wildman–Crippen LogP) is 3.20. The number of methoxy groups -OCH3 is 1. The molecular weight excluding hydrogens is 346 g/mol. The maximum atomic E-state index is 12.6. The summed E-state index contributed by atoms with van der Waals surface area (Å²) in [6, 6.07) is 5.63. The summed E-state index contributed by atoms with van der Waals surface area (Å²) >= 11 is 0. The van der Waals surface area contributed by atoms with Gasteiger partial charge in [-0.15, -0.1) is 0 Å². The third kappa shape index (κ3) is 4.67. The Bertz CT molecular complexity index is 815. The van der Waals surface area contributed by atoms with Gasteiger partial charge in [-0.25, -0.2) is 0 Å². The smallest absolute Gasteiger partial charge is 0.260 e. The predicted molar refractivity (Wildman–Crippen MR) is 101 cm³/mol. The third-order valence-corrected chi connectivity index (χ3v) is 4.56. The van der Waals surface area contributed by atoms with Crippen molar-refractivity contribution in [2.45, 2.75) is 32.6 Å². The Balaban J connectivity index is 1.60. The maximum Gasteiger partial charge on any atom is 0.260 e. The molecule has 2 heterocycles. The van der Waals surface area contributed by atoms with E-state index >= 15 is 0 Å². The van der Waals surface area contributed by atoms with Crippen LogP contribution in [0.4, 0.5) is 0 Å². The highest BCUT2D eigenvalue weighted by molar-refractivity contribution is 5.78. The van der Waals surface area contributed by atoms with Crippen molar-refractivity contribution < 1.29 is 18.8 Å². The van der Waals surface area contributed by atoms with E-state index in [1.807, 2.05) is 37.3 Å². The summed E-state index contributed by atoms with van der Waals surface area (Å²) in [5, 5.41) is 3.84. The molecule has 1 aromatic heterocycles. The second-order valence-corrected chi connectivity index (χ2v) is 6.56. The molecule has 2 aromatic rings. The molecule has 27 heavy (non-hydrogen) atoms. The van der Waals surface area contributed by atoms with E-state index in [2.05, 4.69) is 10.1 Å². The Hall–Kier alpha value is -2.83. The van der Waals surface area contributed by atoms with E-state index in [1.165, 1.54) is 0 Å². The normalized spacial score (nSPS) is 17.3. The van der Waals surface area contributed by atoms with Crippen LogP contribution >= 0.6 is 0 Å². The first kappa shape index (κ1) is 18.9. The molecule has 0 spiro atoms. The fraction of sp³-hybridized carbons (Fsp3) is 0.450. The lowest BCUT2D eigenvalue weighted by atomic mass is 9.98. The van der Waals surface area contributed by atoms with Crippen LogP contribution in [0.3, 0.4) is 0 Å². The van der Waals surface area contributed by atoms with Gasteiger partial charge in [-0.3, -0.25) is 4.79 Å². The van der Waals surface area contributed by atoms with Gasteiger partial charge in [0, 0.05) is 13.1 Å². The Morgan fingerprint density at radius 2 is 2.26 bits per heavy atom. The van der Waals surface area contributed by atoms with Gasteiger partial charge in [-0.05, 0) is 44.4 Å². The van der Waals surface area contributed by atoms with E-state index in [9.17, 15) is 4.79 Å². The molecule has 1 fully saturated rings. The van der Waals surface area contributed by atoms with Crippen LogP contribution in [0.25, 0.3) is 6.08 Å². The lowest BCUT2D eigenvalue weighted by molar-refractivity contribution is -0.134. The van der Waals surface area contributed by atoms with E-state index in [1.54, 1.807) is 18.9 Å². The summed E-state index contributed by atoms with van der Waals surface area (Å²) in [6.07, 6.45) is 5.77. The van der Waals surface area contributed by atoms with Gasteiger partial charge in [0.2, 0.25) is 5.89 Å². The van der Waals surface area contributed by atoms with Crippen molar-refractivity contribution in [2.24, 2.45) is 0 Å². The largest absolute Gasteiger partial charge is 0.493 e. The van der Waals surface area contributed by atoms with Gasteiger partial charge in [-0.1, -0.05) is 23.4 Å². The van der Waals surface area contributed by atoms with Crippen molar-refractivity contribution in [3.63, 3.8) is 0 Å². The third-order valence-electron chi connectivity index (χ3n) is 4.56. The molecule has 0 radical (unpaired) electrons. The van der Waals surface area contributed by atoms with Gasteiger partial charge in [0.1, 0.15) is 0 Å². The number of allylic oxidation sites excluding steroid dienone is 1. The van der Waals surface area contributed by atoms with Crippen LogP contribution in [0.5, 0.6) is 11.5 Å². The van der Waals surface area contributed by atoms with Crippen LogP contribution in [0.1, 0.15) is 43.0 Å². The second kappa shape index (κ2) is 8.70. The molecule has 1 amide bonds. The molecule has 1 aromatic carbocycles. The van der Waals surface area contributed by atoms with Crippen molar-refractivity contribution in [3.8, 4) is 11.5 Å². The first-order valence-corrected chi connectivity index (χ1v) is 9.12. The highest BCUT2D eigenvalue weighted by Crippen LogP contribution is 2.29. The summed E-state index contributed by atoms with van der Waals surface area (Å²) in [7, 11) is 1.59. The van der Waals surface area contributed by atoms with Gasteiger partial charge in [0.15, 0.2) is 23.9 Å². The SMILES string of the molecule is CC=Cc1ccc(OCC(=O)N2CCCC(c3nc(C)no3)C2)c(OC)c1. The zero-order valence-electron chi connectivity index (χ0n) is 16.0. The molecule has 144 valence electrons. The van der Waals surface area contributed by atoms with Gasteiger partial charge in [-0.2, -0.15) is 4.98 Å². The Morgan fingerprint density at radius 1 is 1.41 bits per heavy atom. The summed E-state index contributed by atoms with van der Waals surface area (Å²) in [5.74, 6) is 2.41. The highest BCUT2D eigenvalue weighted by atomic mass is 16.5. The van der Waals surface area contributed by atoms with E-state index in [-0.39, 0.29) is 18.4 Å². The summed E-state index contributed by atoms with van der Waals surface area (Å²) in [5.41, 5.74) is 1.02. The molecule has 3 rings (SSSR count). The zero-order chi connectivity index (χ0) is 19.2. The van der Waals surface area contributed by atoms with Gasteiger partial charge >= 0.3 is 0 Å². The molecule has 1 aliphatic heterocycles. The van der Waals surface area contributed by atoms with Crippen molar-refractivity contribution in [1.82, 2.24) is 15.0 Å².